The molecular formula is C15H17N3O. The largest absolute Gasteiger partial charge is 0.461 e. The number of nitrogens with zero attached hydrogens (tertiary/aromatic N) is 2. The Bertz CT molecular complexity index is 588. The highest BCUT2D eigenvalue weighted by molar-refractivity contribution is 5.49. The summed E-state index contributed by atoms with van der Waals surface area (Å²) < 4.78 is 5.46. The Labute approximate surface area is 112 Å². The molecule has 1 N–H and O–H groups in total. The van der Waals surface area contributed by atoms with Crippen LogP contribution in [-0.4, -0.2) is 16.5 Å². The molecule has 2 aromatic rings. The molecule has 1 saturated carbocycles. The zero-order valence-corrected chi connectivity index (χ0v) is 10.9. The smallest absolute Gasteiger partial charge is 0.196 e. The lowest BCUT2D eigenvalue weighted by Crippen LogP contribution is -2.28. The predicted octanol–water partition coefficient (Wildman–Crippen LogP) is 2.65. The summed E-state index contributed by atoms with van der Waals surface area (Å²) in [4.78, 5) is 9.52. The fourth-order valence-corrected chi connectivity index (χ4v) is 2.90. The SMILES string of the molecule is c1coc(-c2nc3c(c(C4CCC4)n2)CNCC3)c1. The first kappa shape index (κ1) is 11.2. The van der Waals surface area contributed by atoms with Gasteiger partial charge in [-0.25, -0.2) is 9.97 Å². The van der Waals surface area contributed by atoms with Gasteiger partial charge in [-0.05, 0) is 25.0 Å². The van der Waals surface area contributed by atoms with Crippen molar-refractivity contribution in [2.75, 3.05) is 6.54 Å². The summed E-state index contributed by atoms with van der Waals surface area (Å²) in [5.74, 6) is 2.17. The van der Waals surface area contributed by atoms with Crippen molar-refractivity contribution in [2.45, 2.75) is 38.1 Å². The summed E-state index contributed by atoms with van der Waals surface area (Å²) in [6, 6.07) is 3.83. The highest BCUT2D eigenvalue weighted by atomic mass is 16.3. The Morgan fingerprint density at radius 1 is 1.26 bits per heavy atom. The van der Waals surface area contributed by atoms with Crippen molar-refractivity contribution >= 4 is 0 Å². The molecule has 0 atom stereocenters. The van der Waals surface area contributed by atoms with Crippen LogP contribution in [0.3, 0.4) is 0 Å². The van der Waals surface area contributed by atoms with Crippen molar-refractivity contribution < 1.29 is 4.42 Å². The molecule has 0 bridgehead atoms. The van der Waals surface area contributed by atoms with Crippen LogP contribution >= 0.6 is 0 Å². The fourth-order valence-electron chi connectivity index (χ4n) is 2.90. The van der Waals surface area contributed by atoms with E-state index in [1.807, 2.05) is 12.1 Å². The van der Waals surface area contributed by atoms with Crippen molar-refractivity contribution in [3.05, 3.63) is 35.3 Å². The van der Waals surface area contributed by atoms with Crippen molar-refractivity contribution in [1.82, 2.24) is 15.3 Å². The third kappa shape index (κ3) is 1.87. The molecule has 4 heteroatoms. The van der Waals surface area contributed by atoms with E-state index < -0.39 is 0 Å². The second-order valence-electron chi connectivity index (χ2n) is 5.39. The van der Waals surface area contributed by atoms with Gasteiger partial charge in [0.25, 0.3) is 0 Å². The Kier molecular flexibility index (Phi) is 2.62. The number of hydrogen-bond acceptors (Lipinski definition) is 4. The van der Waals surface area contributed by atoms with Gasteiger partial charge in [-0.1, -0.05) is 6.42 Å². The fraction of sp³-hybridized carbons (Fsp3) is 0.467. The zero-order chi connectivity index (χ0) is 12.7. The van der Waals surface area contributed by atoms with Gasteiger partial charge in [-0.3, -0.25) is 0 Å². The van der Waals surface area contributed by atoms with Gasteiger partial charge < -0.3 is 9.73 Å². The van der Waals surface area contributed by atoms with Crippen LogP contribution in [0, 0.1) is 0 Å². The average Bonchev–Trinajstić information content (AvgIpc) is 2.90. The maximum absolute atomic E-state index is 5.46. The number of furan rings is 1. The quantitative estimate of drug-likeness (QED) is 0.896. The Balaban J connectivity index is 1.85. The highest BCUT2D eigenvalue weighted by Gasteiger charge is 2.28. The van der Waals surface area contributed by atoms with Gasteiger partial charge in [-0.2, -0.15) is 0 Å². The van der Waals surface area contributed by atoms with Gasteiger partial charge in [0.1, 0.15) is 0 Å². The Hall–Kier alpha value is -1.68. The van der Waals surface area contributed by atoms with Gasteiger partial charge in [0.2, 0.25) is 0 Å². The number of fused-ring (bicyclic) bond motifs is 1. The van der Waals surface area contributed by atoms with Gasteiger partial charge in [-0.15, -0.1) is 0 Å². The molecule has 2 aliphatic rings. The van der Waals surface area contributed by atoms with Crippen LogP contribution in [0.4, 0.5) is 0 Å². The Morgan fingerprint density at radius 2 is 2.21 bits per heavy atom. The molecule has 98 valence electrons. The number of hydrogen-bond donors (Lipinski definition) is 1. The second-order valence-corrected chi connectivity index (χ2v) is 5.39. The minimum absolute atomic E-state index is 0.630. The second kappa shape index (κ2) is 4.46. The standard InChI is InChI=1S/C15H17N3O/c1-3-10(4-1)14-11-9-16-7-6-12(11)17-15(18-14)13-5-2-8-19-13/h2,5,8,10,16H,1,3-4,6-7,9H2. The number of rotatable bonds is 2. The van der Waals surface area contributed by atoms with Crippen LogP contribution in [0.15, 0.2) is 22.8 Å². The van der Waals surface area contributed by atoms with Gasteiger partial charge >= 0.3 is 0 Å². The van der Waals surface area contributed by atoms with Crippen molar-refractivity contribution in [3.63, 3.8) is 0 Å². The molecule has 4 nitrogen and oxygen atoms in total. The van der Waals surface area contributed by atoms with Crippen molar-refractivity contribution in [3.8, 4) is 11.6 Å². The van der Waals surface area contributed by atoms with E-state index in [0.717, 1.165) is 31.1 Å². The molecular weight excluding hydrogens is 238 g/mol. The summed E-state index contributed by atoms with van der Waals surface area (Å²) in [5, 5.41) is 3.44. The van der Waals surface area contributed by atoms with Gasteiger partial charge in [0.05, 0.1) is 17.7 Å². The third-order valence-corrected chi connectivity index (χ3v) is 4.20. The summed E-state index contributed by atoms with van der Waals surface area (Å²) in [7, 11) is 0. The van der Waals surface area contributed by atoms with Crippen molar-refractivity contribution in [1.29, 1.82) is 0 Å². The van der Waals surface area contributed by atoms with E-state index in [-0.39, 0.29) is 0 Å². The molecule has 0 amide bonds. The molecule has 3 heterocycles. The van der Waals surface area contributed by atoms with Crippen LogP contribution in [0.1, 0.15) is 42.1 Å². The van der Waals surface area contributed by atoms with E-state index in [2.05, 4.69) is 5.32 Å². The monoisotopic (exact) mass is 255 g/mol. The molecule has 0 aromatic carbocycles. The number of aromatic nitrogens is 2. The minimum Gasteiger partial charge on any atom is -0.461 e. The van der Waals surface area contributed by atoms with E-state index in [1.165, 1.54) is 36.2 Å². The van der Waals surface area contributed by atoms with Gasteiger partial charge in [0.15, 0.2) is 11.6 Å². The van der Waals surface area contributed by atoms with Crippen LogP contribution in [0.2, 0.25) is 0 Å². The minimum atomic E-state index is 0.630. The predicted molar refractivity (Wildman–Crippen MR) is 71.7 cm³/mol. The first-order valence-corrected chi connectivity index (χ1v) is 7.06. The third-order valence-electron chi connectivity index (χ3n) is 4.20. The number of nitrogens with one attached hydrogen (secondary N) is 1. The summed E-state index contributed by atoms with van der Waals surface area (Å²) >= 11 is 0. The molecule has 0 saturated heterocycles. The van der Waals surface area contributed by atoms with E-state index in [0.29, 0.717) is 5.92 Å². The van der Waals surface area contributed by atoms with E-state index in [4.69, 9.17) is 14.4 Å². The molecule has 1 fully saturated rings. The summed E-state index contributed by atoms with van der Waals surface area (Å²) in [5.41, 5.74) is 3.81. The molecule has 0 unspecified atom stereocenters. The maximum Gasteiger partial charge on any atom is 0.196 e. The average molecular weight is 255 g/mol. The molecule has 19 heavy (non-hydrogen) atoms. The van der Waals surface area contributed by atoms with Crippen LogP contribution in [0.5, 0.6) is 0 Å². The summed E-state index contributed by atoms with van der Waals surface area (Å²) in [6.45, 7) is 1.92. The van der Waals surface area contributed by atoms with Gasteiger partial charge in [0, 0.05) is 31.0 Å². The summed E-state index contributed by atoms with van der Waals surface area (Å²) in [6.07, 6.45) is 6.53. The van der Waals surface area contributed by atoms with Crippen LogP contribution in [0.25, 0.3) is 11.6 Å². The van der Waals surface area contributed by atoms with Crippen LogP contribution < -0.4 is 5.32 Å². The lowest BCUT2D eigenvalue weighted by Gasteiger charge is -2.29. The topological polar surface area (TPSA) is 51.0 Å². The molecule has 4 rings (SSSR count). The van der Waals surface area contributed by atoms with Crippen molar-refractivity contribution in [2.24, 2.45) is 0 Å². The zero-order valence-electron chi connectivity index (χ0n) is 10.9. The van der Waals surface area contributed by atoms with E-state index in [1.54, 1.807) is 6.26 Å². The molecule has 0 spiro atoms. The lowest BCUT2D eigenvalue weighted by molar-refractivity contribution is 0.404. The first-order chi connectivity index (χ1) is 9.42. The molecule has 1 aliphatic heterocycles. The van der Waals surface area contributed by atoms with E-state index in [9.17, 15) is 0 Å². The van der Waals surface area contributed by atoms with Crippen LogP contribution in [-0.2, 0) is 13.0 Å². The molecule has 0 radical (unpaired) electrons. The molecule has 2 aromatic heterocycles. The normalized spacial score (nSPS) is 18.9. The van der Waals surface area contributed by atoms with E-state index >= 15 is 0 Å². The maximum atomic E-state index is 5.46. The lowest BCUT2D eigenvalue weighted by atomic mass is 9.80. The highest BCUT2D eigenvalue weighted by Crippen LogP contribution is 2.38. The molecule has 1 aliphatic carbocycles. The Morgan fingerprint density at radius 3 is 2.95 bits per heavy atom. The first-order valence-electron chi connectivity index (χ1n) is 7.06.